The van der Waals surface area contributed by atoms with Gasteiger partial charge in [-0.25, -0.2) is 4.98 Å². The number of nitrogens with zero attached hydrogens (tertiary/aromatic N) is 1. The van der Waals surface area contributed by atoms with Crippen molar-refractivity contribution in [3.63, 3.8) is 0 Å². The summed E-state index contributed by atoms with van der Waals surface area (Å²) in [5.41, 5.74) is 3.08. The average Bonchev–Trinajstić information content (AvgIpc) is 3.17. The summed E-state index contributed by atoms with van der Waals surface area (Å²) in [6.45, 7) is 2.75. The number of aromatic nitrogens is 2. The zero-order valence-corrected chi connectivity index (χ0v) is 17.8. The van der Waals surface area contributed by atoms with Crippen LogP contribution in [0.5, 0.6) is 5.75 Å². The van der Waals surface area contributed by atoms with Gasteiger partial charge in [-0.15, -0.1) is 11.3 Å². The Hall–Kier alpha value is -2.57. The van der Waals surface area contributed by atoms with E-state index in [4.69, 9.17) is 4.74 Å². The number of hydrogen-bond acceptors (Lipinski definition) is 5. The molecule has 0 atom stereocenters. The van der Waals surface area contributed by atoms with Gasteiger partial charge in [0, 0.05) is 16.7 Å². The zero-order valence-electron chi connectivity index (χ0n) is 16.2. The van der Waals surface area contributed by atoms with E-state index in [2.05, 4.69) is 23.0 Å². The molecule has 0 aliphatic heterocycles. The molecule has 4 aromatic rings. The highest BCUT2D eigenvalue weighted by Crippen LogP contribution is 2.31. The molecule has 0 bridgehead atoms. The van der Waals surface area contributed by atoms with Crippen LogP contribution >= 0.6 is 23.1 Å². The van der Waals surface area contributed by atoms with E-state index < -0.39 is 0 Å². The summed E-state index contributed by atoms with van der Waals surface area (Å²) in [5, 5.41) is 3.38. The van der Waals surface area contributed by atoms with Crippen molar-refractivity contribution < 1.29 is 4.74 Å². The zero-order chi connectivity index (χ0) is 20.1. The predicted molar refractivity (Wildman–Crippen MR) is 122 cm³/mol. The van der Waals surface area contributed by atoms with E-state index in [0.29, 0.717) is 17.1 Å². The minimum atomic E-state index is -0.0690. The van der Waals surface area contributed by atoms with E-state index in [1.165, 1.54) is 11.3 Å². The van der Waals surface area contributed by atoms with Gasteiger partial charge in [-0.05, 0) is 37.0 Å². The predicted octanol–water partition coefficient (Wildman–Crippen LogP) is 5.91. The molecule has 4 rings (SSSR count). The van der Waals surface area contributed by atoms with Crippen LogP contribution in [0, 0.1) is 6.92 Å². The van der Waals surface area contributed by atoms with Gasteiger partial charge in [0.25, 0.3) is 5.56 Å². The number of fused-ring (bicyclic) bond motifs is 1. The highest BCUT2D eigenvalue weighted by molar-refractivity contribution is 7.99. The topological polar surface area (TPSA) is 55.0 Å². The van der Waals surface area contributed by atoms with E-state index in [1.807, 2.05) is 53.9 Å². The van der Waals surface area contributed by atoms with Crippen LogP contribution in [-0.2, 0) is 0 Å². The van der Waals surface area contributed by atoms with Gasteiger partial charge < -0.3 is 9.72 Å². The fraction of sp³-hybridized carbons (Fsp3) is 0.217. The maximum atomic E-state index is 12.7. The highest BCUT2D eigenvalue weighted by atomic mass is 32.2. The van der Waals surface area contributed by atoms with Crippen LogP contribution in [-0.4, -0.2) is 22.3 Å². The van der Waals surface area contributed by atoms with Crippen LogP contribution in [0.3, 0.4) is 0 Å². The summed E-state index contributed by atoms with van der Waals surface area (Å²) in [6, 6.07) is 18.0. The SMILES string of the molecule is Cc1ccccc1OCCCCSc1nc2scc(-c3ccccc3)c2c(=O)[nH]1. The number of para-hydroxylation sites is 1. The fourth-order valence-corrected chi connectivity index (χ4v) is 4.97. The molecule has 6 heteroatoms. The molecule has 2 heterocycles. The van der Waals surface area contributed by atoms with E-state index in [1.54, 1.807) is 11.8 Å². The summed E-state index contributed by atoms with van der Waals surface area (Å²) >= 11 is 3.11. The second-order valence-corrected chi connectivity index (χ2v) is 8.68. The third kappa shape index (κ3) is 4.71. The van der Waals surface area contributed by atoms with E-state index in [0.717, 1.165) is 45.9 Å². The van der Waals surface area contributed by atoms with Gasteiger partial charge in [-0.3, -0.25) is 4.79 Å². The van der Waals surface area contributed by atoms with Crippen molar-refractivity contribution in [2.75, 3.05) is 12.4 Å². The molecule has 2 aromatic carbocycles. The number of benzene rings is 2. The lowest BCUT2D eigenvalue weighted by Crippen LogP contribution is -2.08. The first-order chi connectivity index (χ1) is 14.2. The normalized spacial score (nSPS) is 11.1. The Kier molecular flexibility index (Phi) is 6.32. The Labute approximate surface area is 178 Å². The third-order valence-electron chi connectivity index (χ3n) is 4.64. The van der Waals surface area contributed by atoms with Crippen LogP contribution in [0.1, 0.15) is 18.4 Å². The van der Waals surface area contributed by atoms with Crippen molar-refractivity contribution in [2.24, 2.45) is 0 Å². The number of thioether (sulfide) groups is 1. The Morgan fingerprint density at radius 3 is 2.69 bits per heavy atom. The van der Waals surface area contributed by atoms with Crippen LogP contribution < -0.4 is 10.3 Å². The third-order valence-corrected chi connectivity index (χ3v) is 6.47. The van der Waals surface area contributed by atoms with Crippen molar-refractivity contribution in [1.29, 1.82) is 0 Å². The minimum absolute atomic E-state index is 0.0690. The lowest BCUT2D eigenvalue weighted by atomic mass is 10.1. The molecule has 0 spiro atoms. The molecule has 0 saturated carbocycles. The maximum Gasteiger partial charge on any atom is 0.260 e. The van der Waals surface area contributed by atoms with Crippen LogP contribution in [0.25, 0.3) is 21.3 Å². The molecule has 0 fully saturated rings. The number of ether oxygens (including phenoxy) is 1. The number of H-pyrrole nitrogens is 1. The lowest BCUT2D eigenvalue weighted by Gasteiger charge is -2.08. The van der Waals surface area contributed by atoms with Crippen molar-refractivity contribution in [1.82, 2.24) is 9.97 Å². The molecule has 1 N–H and O–H groups in total. The van der Waals surface area contributed by atoms with E-state index >= 15 is 0 Å². The Bertz CT molecular complexity index is 1150. The Morgan fingerprint density at radius 2 is 1.86 bits per heavy atom. The molecule has 2 aromatic heterocycles. The standard InChI is InChI=1S/C23H22N2O2S2/c1-16-9-5-6-12-19(16)27-13-7-8-14-28-23-24-21(26)20-18(15-29-22(20)25-23)17-10-3-2-4-11-17/h2-6,9-12,15H,7-8,13-14H2,1H3,(H,24,25,26). The van der Waals surface area contributed by atoms with Gasteiger partial charge >= 0.3 is 0 Å². The highest BCUT2D eigenvalue weighted by Gasteiger charge is 2.12. The number of nitrogens with one attached hydrogen (secondary N) is 1. The molecule has 0 aliphatic carbocycles. The molecule has 0 aliphatic rings. The molecule has 0 radical (unpaired) electrons. The van der Waals surface area contributed by atoms with Gasteiger partial charge in [0.15, 0.2) is 5.16 Å². The number of rotatable bonds is 8. The van der Waals surface area contributed by atoms with E-state index in [-0.39, 0.29) is 5.56 Å². The number of thiophene rings is 1. The quantitative estimate of drug-likeness (QED) is 0.218. The van der Waals surface area contributed by atoms with Gasteiger partial charge in [-0.1, -0.05) is 60.3 Å². The smallest absolute Gasteiger partial charge is 0.260 e. The molecule has 4 nitrogen and oxygen atoms in total. The van der Waals surface area contributed by atoms with Crippen LogP contribution in [0.2, 0.25) is 0 Å². The van der Waals surface area contributed by atoms with Gasteiger partial charge in [-0.2, -0.15) is 0 Å². The molecule has 0 amide bonds. The molecular formula is C23H22N2O2S2. The number of unbranched alkanes of at least 4 members (excludes halogenated alkanes) is 1. The maximum absolute atomic E-state index is 12.7. The second kappa shape index (κ2) is 9.29. The number of hydrogen-bond donors (Lipinski definition) is 1. The lowest BCUT2D eigenvalue weighted by molar-refractivity contribution is 0.308. The van der Waals surface area contributed by atoms with Crippen molar-refractivity contribution >= 4 is 33.3 Å². The second-order valence-electron chi connectivity index (χ2n) is 6.74. The fourth-order valence-electron chi connectivity index (χ4n) is 3.10. The monoisotopic (exact) mass is 422 g/mol. The summed E-state index contributed by atoms with van der Waals surface area (Å²) in [5.74, 6) is 1.84. The summed E-state index contributed by atoms with van der Waals surface area (Å²) in [4.78, 5) is 21.0. The summed E-state index contributed by atoms with van der Waals surface area (Å²) < 4.78 is 5.83. The van der Waals surface area contributed by atoms with Crippen LogP contribution in [0.4, 0.5) is 0 Å². The average molecular weight is 423 g/mol. The first kappa shape index (κ1) is 19.7. The van der Waals surface area contributed by atoms with Gasteiger partial charge in [0.05, 0.1) is 12.0 Å². The van der Waals surface area contributed by atoms with Crippen molar-refractivity contribution in [3.8, 4) is 16.9 Å². The molecule has 29 heavy (non-hydrogen) atoms. The summed E-state index contributed by atoms with van der Waals surface area (Å²) in [7, 11) is 0. The molecule has 0 saturated heterocycles. The first-order valence-electron chi connectivity index (χ1n) is 9.60. The Morgan fingerprint density at radius 1 is 1.07 bits per heavy atom. The van der Waals surface area contributed by atoms with Crippen LogP contribution in [0.15, 0.2) is 69.9 Å². The van der Waals surface area contributed by atoms with Crippen molar-refractivity contribution in [3.05, 3.63) is 75.9 Å². The van der Waals surface area contributed by atoms with Crippen molar-refractivity contribution in [2.45, 2.75) is 24.9 Å². The first-order valence-corrected chi connectivity index (χ1v) is 11.5. The largest absolute Gasteiger partial charge is 0.493 e. The summed E-state index contributed by atoms with van der Waals surface area (Å²) in [6.07, 6.45) is 1.96. The molecule has 148 valence electrons. The number of aromatic amines is 1. The van der Waals surface area contributed by atoms with Gasteiger partial charge in [0.2, 0.25) is 0 Å². The Balaban J connectivity index is 1.33. The minimum Gasteiger partial charge on any atom is -0.493 e. The molecule has 0 unspecified atom stereocenters. The number of aryl methyl sites for hydroxylation is 1. The van der Waals surface area contributed by atoms with Gasteiger partial charge in [0.1, 0.15) is 10.6 Å². The molecular weight excluding hydrogens is 400 g/mol. The van der Waals surface area contributed by atoms with E-state index in [9.17, 15) is 4.79 Å².